The molecule has 0 saturated carbocycles. The van der Waals surface area contributed by atoms with E-state index in [1.165, 1.54) is 13.8 Å². The van der Waals surface area contributed by atoms with Crippen LogP contribution in [0.4, 0.5) is 0 Å². The van der Waals surface area contributed by atoms with Crippen molar-refractivity contribution in [2.24, 2.45) is 5.92 Å². The second kappa shape index (κ2) is 11.9. The van der Waals surface area contributed by atoms with Crippen molar-refractivity contribution in [3.63, 3.8) is 0 Å². The maximum atomic E-state index is 10.7. The van der Waals surface area contributed by atoms with Gasteiger partial charge in [-0.2, -0.15) is 0 Å². The van der Waals surface area contributed by atoms with Gasteiger partial charge in [-0.3, -0.25) is 9.59 Å². The van der Waals surface area contributed by atoms with Crippen LogP contribution in [-0.4, -0.2) is 63.2 Å². The third-order valence-electron chi connectivity index (χ3n) is 2.11. The Balaban J connectivity index is 3.76. The first-order valence-electron chi connectivity index (χ1n) is 6.22. The lowest BCUT2D eigenvalue weighted by molar-refractivity contribution is -0.147. The molecule has 0 amide bonds. The lowest BCUT2D eigenvalue weighted by Crippen LogP contribution is -2.27. The number of carbonyl (C=O) groups is 2. The molecule has 112 valence electrons. The van der Waals surface area contributed by atoms with Crippen molar-refractivity contribution in [2.75, 3.05) is 46.1 Å². The molecule has 0 aliphatic carbocycles. The van der Waals surface area contributed by atoms with E-state index in [0.717, 1.165) is 0 Å². The molecule has 0 radical (unpaired) electrons. The normalized spacial score (nSPS) is 10.5. The topological polar surface area (TPSA) is 94.1 Å². The van der Waals surface area contributed by atoms with Crippen molar-refractivity contribution in [1.29, 1.82) is 0 Å². The number of nitrogens with one attached hydrogen (secondary N) is 1. The van der Waals surface area contributed by atoms with Crippen LogP contribution in [-0.2, 0) is 23.8 Å². The first-order chi connectivity index (χ1) is 9.06. The van der Waals surface area contributed by atoms with Gasteiger partial charge in [0.1, 0.15) is 0 Å². The summed E-state index contributed by atoms with van der Waals surface area (Å²) in [5.41, 5.74) is 0. The molecule has 0 spiro atoms. The van der Waals surface area contributed by atoms with Gasteiger partial charge in [-0.25, -0.2) is 0 Å². The predicted molar refractivity (Wildman–Crippen MR) is 67.5 cm³/mol. The summed E-state index contributed by atoms with van der Waals surface area (Å²) in [5.74, 6) is -0.930. The number of hydrogen-bond donors (Lipinski definition) is 2. The van der Waals surface area contributed by atoms with Crippen LogP contribution in [0, 0.1) is 5.92 Å². The molecule has 0 rings (SSSR count). The second-order valence-corrected chi connectivity index (χ2v) is 4.02. The molecule has 0 aliphatic heterocycles. The van der Waals surface area contributed by atoms with Gasteiger partial charge in [-0.05, 0) is 0 Å². The number of hydrogen-bond acceptors (Lipinski definition) is 7. The largest absolute Gasteiger partial charge is 0.465 e. The molecule has 0 unspecified atom stereocenters. The van der Waals surface area contributed by atoms with Gasteiger partial charge in [-0.15, -0.1) is 0 Å². The fourth-order valence-electron chi connectivity index (χ4n) is 1.21. The van der Waals surface area contributed by atoms with Crippen LogP contribution in [0.25, 0.3) is 0 Å². The Bertz CT molecular complexity index is 241. The summed E-state index contributed by atoms with van der Waals surface area (Å²) < 4.78 is 15.1. The molecule has 7 nitrogen and oxygen atoms in total. The maximum absolute atomic E-state index is 10.7. The third-order valence-corrected chi connectivity index (χ3v) is 2.11. The second-order valence-electron chi connectivity index (χ2n) is 4.02. The van der Waals surface area contributed by atoms with E-state index in [-0.39, 0.29) is 37.7 Å². The van der Waals surface area contributed by atoms with Crippen LogP contribution >= 0.6 is 0 Å². The van der Waals surface area contributed by atoms with Crippen LogP contribution in [0.3, 0.4) is 0 Å². The van der Waals surface area contributed by atoms with Crippen LogP contribution in [0.2, 0.25) is 0 Å². The Hall–Kier alpha value is -1.18. The lowest BCUT2D eigenvalue weighted by Gasteiger charge is -2.16. The van der Waals surface area contributed by atoms with Crippen LogP contribution < -0.4 is 5.32 Å². The van der Waals surface area contributed by atoms with E-state index in [1.807, 2.05) is 0 Å². The number of rotatable bonds is 11. The van der Waals surface area contributed by atoms with Crippen molar-refractivity contribution >= 4 is 11.9 Å². The molecule has 0 aromatic heterocycles. The molecule has 0 heterocycles. The summed E-state index contributed by atoms with van der Waals surface area (Å²) in [7, 11) is 0. The summed E-state index contributed by atoms with van der Waals surface area (Å²) in [5, 5.41) is 11.5. The summed E-state index contributed by atoms with van der Waals surface area (Å²) in [4.78, 5) is 21.5. The monoisotopic (exact) mass is 277 g/mol. The first-order valence-corrected chi connectivity index (χ1v) is 6.22. The summed E-state index contributed by atoms with van der Waals surface area (Å²) in [6.07, 6.45) is 0. The fourth-order valence-corrected chi connectivity index (χ4v) is 1.21. The van der Waals surface area contributed by atoms with Gasteiger partial charge in [0, 0.05) is 26.9 Å². The molecule has 0 saturated heterocycles. The average molecular weight is 277 g/mol. The summed E-state index contributed by atoms with van der Waals surface area (Å²) >= 11 is 0. The van der Waals surface area contributed by atoms with Gasteiger partial charge in [0.2, 0.25) is 0 Å². The SMILES string of the molecule is CC(=O)OCC(COCCNCCO)COC(C)=O. The fraction of sp³-hybridized carbons (Fsp3) is 0.833. The third kappa shape index (κ3) is 13.1. The zero-order valence-corrected chi connectivity index (χ0v) is 11.5. The Morgan fingerprint density at radius 1 is 1.05 bits per heavy atom. The minimum absolute atomic E-state index is 0.0848. The Morgan fingerprint density at radius 3 is 2.11 bits per heavy atom. The first kappa shape index (κ1) is 17.8. The number of esters is 2. The number of aliphatic hydroxyl groups excluding tert-OH is 1. The van der Waals surface area contributed by atoms with E-state index in [1.54, 1.807) is 0 Å². The zero-order valence-electron chi connectivity index (χ0n) is 11.5. The van der Waals surface area contributed by atoms with E-state index in [0.29, 0.717) is 26.3 Å². The lowest BCUT2D eigenvalue weighted by atomic mass is 10.2. The quantitative estimate of drug-likeness (QED) is 0.382. The van der Waals surface area contributed by atoms with Crippen molar-refractivity contribution < 1.29 is 28.9 Å². The molecule has 0 aromatic carbocycles. The van der Waals surface area contributed by atoms with E-state index < -0.39 is 0 Å². The van der Waals surface area contributed by atoms with Crippen molar-refractivity contribution in [2.45, 2.75) is 13.8 Å². The molecule has 0 bridgehead atoms. The predicted octanol–water partition coefficient (Wildman–Crippen LogP) is -0.673. The number of carbonyl (C=O) groups excluding carboxylic acids is 2. The summed E-state index contributed by atoms with van der Waals surface area (Å²) in [6.45, 7) is 4.99. The van der Waals surface area contributed by atoms with E-state index in [9.17, 15) is 9.59 Å². The standard InChI is InChI=1S/C12H23NO6/c1-10(15)18-8-12(9-19-11(2)16)7-17-6-4-13-3-5-14/h12-14H,3-9H2,1-2H3. The Morgan fingerprint density at radius 2 is 1.63 bits per heavy atom. The van der Waals surface area contributed by atoms with E-state index >= 15 is 0 Å². The van der Waals surface area contributed by atoms with E-state index in [2.05, 4.69) is 5.32 Å². The van der Waals surface area contributed by atoms with Gasteiger partial charge in [0.25, 0.3) is 0 Å². The highest BCUT2D eigenvalue weighted by Crippen LogP contribution is 2.01. The van der Waals surface area contributed by atoms with Gasteiger partial charge in [-0.1, -0.05) is 0 Å². The van der Waals surface area contributed by atoms with Crippen molar-refractivity contribution in [1.82, 2.24) is 5.32 Å². The average Bonchev–Trinajstić information content (AvgIpc) is 2.35. The minimum Gasteiger partial charge on any atom is -0.465 e. The van der Waals surface area contributed by atoms with Crippen molar-refractivity contribution in [3.8, 4) is 0 Å². The highest BCUT2D eigenvalue weighted by molar-refractivity contribution is 5.66. The summed E-state index contributed by atoms with van der Waals surface area (Å²) in [6, 6.07) is 0. The molecule has 0 fully saturated rings. The highest BCUT2D eigenvalue weighted by Gasteiger charge is 2.13. The molecule has 0 aromatic rings. The maximum Gasteiger partial charge on any atom is 0.302 e. The number of ether oxygens (including phenoxy) is 3. The van der Waals surface area contributed by atoms with Crippen molar-refractivity contribution in [3.05, 3.63) is 0 Å². The molecule has 7 heteroatoms. The van der Waals surface area contributed by atoms with Gasteiger partial charge < -0.3 is 24.6 Å². The van der Waals surface area contributed by atoms with Gasteiger partial charge in [0.05, 0.1) is 39.0 Å². The molecular weight excluding hydrogens is 254 g/mol. The van der Waals surface area contributed by atoms with Crippen LogP contribution in [0.5, 0.6) is 0 Å². The van der Waals surface area contributed by atoms with Gasteiger partial charge >= 0.3 is 11.9 Å². The molecule has 0 atom stereocenters. The molecule has 0 aliphatic rings. The van der Waals surface area contributed by atoms with Crippen LogP contribution in [0.15, 0.2) is 0 Å². The van der Waals surface area contributed by atoms with Gasteiger partial charge in [0.15, 0.2) is 0 Å². The zero-order chi connectivity index (χ0) is 14.5. The molecular formula is C12H23NO6. The Labute approximate surface area is 113 Å². The minimum atomic E-state index is -0.377. The Kier molecular flexibility index (Phi) is 11.1. The number of aliphatic hydroxyl groups is 1. The highest BCUT2D eigenvalue weighted by atomic mass is 16.5. The van der Waals surface area contributed by atoms with E-state index in [4.69, 9.17) is 19.3 Å². The molecule has 19 heavy (non-hydrogen) atoms. The molecule has 2 N–H and O–H groups in total. The smallest absolute Gasteiger partial charge is 0.302 e. The van der Waals surface area contributed by atoms with Crippen LogP contribution in [0.1, 0.15) is 13.8 Å².